The van der Waals surface area contributed by atoms with Crippen molar-refractivity contribution in [2.45, 2.75) is 83.6 Å². The molecule has 12 nitrogen and oxygen atoms in total. The van der Waals surface area contributed by atoms with Gasteiger partial charge in [-0.15, -0.1) is 11.6 Å². The summed E-state index contributed by atoms with van der Waals surface area (Å²) >= 11 is 13.2. The summed E-state index contributed by atoms with van der Waals surface area (Å²) < 4.78 is 22.8. The molecule has 52 heavy (non-hydrogen) atoms. The summed E-state index contributed by atoms with van der Waals surface area (Å²) in [5, 5.41) is 4.93. The number of hydrogen-bond acceptors (Lipinski definition) is 10. The Morgan fingerprint density at radius 3 is 2.37 bits per heavy atom. The molecule has 14 heteroatoms. The van der Waals surface area contributed by atoms with Crippen LogP contribution in [0.15, 0.2) is 60.7 Å². The molecular formula is C38H49Cl2N3O9. The summed E-state index contributed by atoms with van der Waals surface area (Å²) in [6.45, 7) is 8.00. The van der Waals surface area contributed by atoms with Crippen LogP contribution in [0.25, 0.3) is 0 Å². The number of cyclic esters (lactones) is 2. The molecule has 0 fully saturated rings. The molecule has 4 N–H and O–H groups in total. The van der Waals surface area contributed by atoms with E-state index in [9.17, 15) is 24.0 Å². The normalized spacial score (nSPS) is 22.5. The van der Waals surface area contributed by atoms with E-state index in [1.54, 1.807) is 63.2 Å². The largest absolute Gasteiger partial charge is 0.495 e. The van der Waals surface area contributed by atoms with E-state index < -0.39 is 77.3 Å². The molecule has 284 valence electrons. The molecule has 3 rings (SSSR count). The number of rotatable bonds is 11. The second-order valence-electron chi connectivity index (χ2n) is 13.8. The Balaban J connectivity index is 2.04. The fourth-order valence-corrected chi connectivity index (χ4v) is 6.20. The predicted molar refractivity (Wildman–Crippen MR) is 197 cm³/mol. The van der Waals surface area contributed by atoms with Crippen LogP contribution in [-0.4, -0.2) is 74.3 Å². The Kier molecular flexibility index (Phi) is 16.0. The first-order valence-corrected chi connectivity index (χ1v) is 17.9. The number of benzene rings is 2. The van der Waals surface area contributed by atoms with Gasteiger partial charge in [-0.25, -0.2) is 4.79 Å². The summed E-state index contributed by atoms with van der Waals surface area (Å²) in [5.74, 6) is -3.82. The van der Waals surface area contributed by atoms with E-state index in [0.29, 0.717) is 21.9 Å². The molecule has 1 aliphatic rings. The number of alkyl halides is 1. The molecule has 0 bridgehead atoms. The molecule has 0 radical (unpaired) electrons. The second kappa shape index (κ2) is 19.6. The van der Waals surface area contributed by atoms with Gasteiger partial charge in [-0.05, 0) is 55.5 Å². The minimum absolute atomic E-state index is 0.0335. The van der Waals surface area contributed by atoms with Gasteiger partial charge >= 0.3 is 17.9 Å². The smallest absolute Gasteiger partial charge is 0.347 e. The standard InChI is InChI=1S/C38H49Cl2N3O9/c1-22(2)17-30-36(47)50-28(23(3)34(52-32(45)20-41)33(40)25-11-8-7-9-12-25)13-10-14-31(44)43-27(19-24-15-16-29(49-6)26(39)18-24)35(46)42-21-38(4,5)37(48)51-30/h7-12,14-16,18,22-23,27-28,30,33-34H,13,17,19-21,41H2,1-6H3,(H,42,46)(H,43,44)/b14-10+/t23-,27+,28?,30-,33?,34?/m0/s1. The lowest BCUT2D eigenvalue weighted by Gasteiger charge is -2.34. The van der Waals surface area contributed by atoms with Crippen LogP contribution in [0.3, 0.4) is 0 Å². The van der Waals surface area contributed by atoms with Gasteiger partial charge in [-0.3, -0.25) is 19.2 Å². The molecule has 2 amide bonds. The van der Waals surface area contributed by atoms with Crippen molar-refractivity contribution in [1.29, 1.82) is 0 Å². The summed E-state index contributed by atoms with van der Waals surface area (Å²) in [5.41, 5.74) is 5.60. The van der Waals surface area contributed by atoms with Crippen LogP contribution in [0.5, 0.6) is 5.75 Å². The van der Waals surface area contributed by atoms with Gasteiger partial charge in [0, 0.05) is 25.3 Å². The van der Waals surface area contributed by atoms with Gasteiger partial charge in [-0.2, -0.15) is 0 Å². The van der Waals surface area contributed by atoms with Gasteiger partial charge in [0.05, 0.1) is 29.5 Å². The van der Waals surface area contributed by atoms with Gasteiger partial charge in [0.15, 0.2) is 6.10 Å². The van der Waals surface area contributed by atoms with Gasteiger partial charge in [-0.1, -0.05) is 74.8 Å². The highest BCUT2D eigenvalue weighted by atomic mass is 35.5. The third-order valence-corrected chi connectivity index (χ3v) is 9.39. The third kappa shape index (κ3) is 12.2. The average molecular weight is 763 g/mol. The molecule has 3 unspecified atom stereocenters. The number of carbonyl (C=O) groups is 5. The maximum atomic E-state index is 13.8. The molecule has 0 aliphatic carbocycles. The van der Waals surface area contributed by atoms with Gasteiger partial charge < -0.3 is 35.3 Å². The Hall–Kier alpha value is -4.13. The van der Waals surface area contributed by atoms with Crippen LogP contribution >= 0.6 is 23.2 Å². The van der Waals surface area contributed by atoms with E-state index >= 15 is 0 Å². The number of nitrogens with two attached hydrogens (primary N) is 1. The van der Waals surface area contributed by atoms with Crippen LogP contribution in [0.4, 0.5) is 0 Å². The van der Waals surface area contributed by atoms with E-state index in [1.165, 1.54) is 19.3 Å². The van der Waals surface area contributed by atoms with Crippen molar-refractivity contribution in [3.05, 3.63) is 76.8 Å². The zero-order valence-corrected chi connectivity index (χ0v) is 31.9. The number of hydrogen-bond donors (Lipinski definition) is 3. The van der Waals surface area contributed by atoms with Crippen molar-refractivity contribution in [3.63, 3.8) is 0 Å². The van der Waals surface area contributed by atoms with E-state index in [4.69, 9.17) is 47.9 Å². The fraction of sp³-hybridized carbons (Fsp3) is 0.500. The lowest BCUT2D eigenvalue weighted by atomic mass is 9.90. The quantitative estimate of drug-likeness (QED) is 0.164. The Morgan fingerprint density at radius 1 is 1.06 bits per heavy atom. The zero-order chi connectivity index (χ0) is 38.6. The van der Waals surface area contributed by atoms with Crippen molar-refractivity contribution >= 4 is 52.9 Å². The number of halogens is 2. The minimum Gasteiger partial charge on any atom is -0.495 e. The predicted octanol–water partition coefficient (Wildman–Crippen LogP) is 4.83. The van der Waals surface area contributed by atoms with Crippen molar-refractivity contribution < 1.29 is 42.9 Å². The number of nitrogens with one attached hydrogen (secondary N) is 2. The zero-order valence-electron chi connectivity index (χ0n) is 30.4. The van der Waals surface area contributed by atoms with Crippen molar-refractivity contribution in [2.24, 2.45) is 23.0 Å². The molecule has 0 saturated heterocycles. The lowest BCUT2D eigenvalue weighted by molar-refractivity contribution is -0.181. The van der Waals surface area contributed by atoms with Crippen LogP contribution in [0.1, 0.15) is 64.0 Å². The molecule has 1 heterocycles. The summed E-state index contributed by atoms with van der Waals surface area (Å²) in [6.07, 6.45) is -0.455. The molecule has 0 saturated carbocycles. The first-order chi connectivity index (χ1) is 24.6. The Labute approximate surface area is 315 Å². The third-order valence-electron chi connectivity index (χ3n) is 8.59. The number of esters is 3. The molecular weight excluding hydrogens is 713 g/mol. The Bertz CT molecular complexity index is 1580. The monoisotopic (exact) mass is 761 g/mol. The summed E-state index contributed by atoms with van der Waals surface area (Å²) in [6, 6.07) is 12.9. The first kappa shape index (κ1) is 42.3. The highest BCUT2D eigenvalue weighted by molar-refractivity contribution is 6.32. The number of carbonyl (C=O) groups excluding carboxylic acids is 5. The van der Waals surface area contributed by atoms with Crippen LogP contribution in [-0.2, 0) is 44.6 Å². The molecule has 6 atom stereocenters. The van der Waals surface area contributed by atoms with E-state index in [2.05, 4.69) is 10.6 Å². The molecule has 1 aliphatic heterocycles. The Morgan fingerprint density at radius 2 is 1.75 bits per heavy atom. The number of amides is 2. The highest BCUT2D eigenvalue weighted by Crippen LogP contribution is 2.35. The van der Waals surface area contributed by atoms with Crippen molar-refractivity contribution in [3.8, 4) is 5.75 Å². The van der Waals surface area contributed by atoms with E-state index in [-0.39, 0.29) is 31.7 Å². The van der Waals surface area contributed by atoms with Crippen molar-refractivity contribution in [2.75, 3.05) is 20.2 Å². The van der Waals surface area contributed by atoms with E-state index in [1.807, 2.05) is 19.9 Å². The maximum absolute atomic E-state index is 13.8. The molecule has 2 aromatic rings. The fourth-order valence-electron chi connectivity index (χ4n) is 5.49. The topological polar surface area (TPSA) is 172 Å². The molecule has 0 spiro atoms. The first-order valence-electron chi connectivity index (χ1n) is 17.1. The SMILES string of the molecule is COc1ccc(C[C@H]2NC(=O)/C=C/CC([C@H](C)C(OC(=O)CN)C(Cl)c3ccccc3)OC(=O)[C@H](CC(C)C)OC(=O)C(C)(C)CNC2=O)cc1Cl. The van der Waals surface area contributed by atoms with Gasteiger partial charge in [0.25, 0.3) is 0 Å². The summed E-state index contributed by atoms with van der Waals surface area (Å²) in [7, 11) is 1.48. The van der Waals surface area contributed by atoms with Crippen LogP contribution in [0.2, 0.25) is 5.02 Å². The molecule has 0 aromatic heterocycles. The second-order valence-corrected chi connectivity index (χ2v) is 14.7. The molecule has 2 aromatic carbocycles. The lowest BCUT2D eigenvalue weighted by Crippen LogP contribution is -2.51. The van der Waals surface area contributed by atoms with Crippen LogP contribution < -0.4 is 21.1 Å². The van der Waals surface area contributed by atoms with Gasteiger partial charge in [0.1, 0.15) is 24.0 Å². The van der Waals surface area contributed by atoms with Gasteiger partial charge in [0.2, 0.25) is 11.8 Å². The van der Waals surface area contributed by atoms with Crippen molar-refractivity contribution in [1.82, 2.24) is 10.6 Å². The van der Waals surface area contributed by atoms with E-state index in [0.717, 1.165) is 0 Å². The average Bonchev–Trinajstić information content (AvgIpc) is 3.10. The summed E-state index contributed by atoms with van der Waals surface area (Å²) in [4.78, 5) is 66.7. The minimum atomic E-state index is -1.30. The number of methoxy groups -OCH3 is 1. The maximum Gasteiger partial charge on any atom is 0.347 e. The highest BCUT2D eigenvalue weighted by Gasteiger charge is 2.40. The number of ether oxygens (including phenoxy) is 4. The van der Waals surface area contributed by atoms with Crippen LogP contribution in [0, 0.1) is 17.3 Å².